The second kappa shape index (κ2) is 5.50. The van der Waals surface area contributed by atoms with E-state index in [1.165, 1.54) is 23.5 Å². The number of carbonyl (C=O) groups excluding carboxylic acids is 1. The van der Waals surface area contributed by atoms with E-state index in [1.807, 2.05) is 25.7 Å². The van der Waals surface area contributed by atoms with Gasteiger partial charge in [0.15, 0.2) is 5.13 Å². The first-order valence-corrected chi connectivity index (χ1v) is 8.27. The molecule has 22 heavy (non-hydrogen) atoms. The van der Waals surface area contributed by atoms with Crippen molar-refractivity contribution in [2.45, 2.75) is 20.8 Å². The van der Waals surface area contributed by atoms with E-state index in [0.29, 0.717) is 13.1 Å². The minimum absolute atomic E-state index is 0.193. The zero-order valence-electron chi connectivity index (χ0n) is 13.1. The van der Waals surface area contributed by atoms with Gasteiger partial charge in [0, 0.05) is 31.6 Å². The lowest BCUT2D eigenvalue weighted by molar-refractivity contribution is -0.139. The van der Waals surface area contributed by atoms with Crippen LogP contribution in [0.4, 0.5) is 9.52 Å². The standard InChI is InChI=1S/C16H20FN3OS/c1-16(2,3)14(21)19-6-8-20(9-7-19)15-18-12-5-4-11(17)10-13(12)22-15/h4-5,10H,6-9H2,1-3H3. The second-order valence-corrected chi connectivity index (χ2v) is 7.65. The number of anilines is 1. The van der Waals surface area contributed by atoms with E-state index in [1.54, 1.807) is 6.07 Å². The summed E-state index contributed by atoms with van der Waals surface area (Å²) < 4.78 is 14.1. The Hall–Kier alpha value is -1.69. The Morgan fingerprint density at radius 1 is 1.23 bits per heavy atom. The molecular formula is C16H20FN3OS. The van der Waals surface area contributed by atoms with Gasteiger partial charge in [-0.15, -0.1) is 0 Å². The molecule has 118 valence electrons. The van der Waals surface area contributed by atoms with Crippen molar-refractivity contribution in [1.29, 1.82) is 0 Å². The van der Waals surface area contributed by atoms with Crippen LogP contribution in [0.3, 0.4) is 0 Å². The van der Waals surface area contributed by atoms with Gasteiger partial charge in [0.05, 0.1) is 10.2 Å². The molecule has 0 bridgehead atoms. The van der Waals surface area contributed by atoms with Crippen molar-refractivity contribution in [3.63, 3.8) is 0 Å². The molecule has 1 aromatic heterocycles. The average molecular weight is 321 g/mol. The fourth-order valence-electron chi connectivity index (χ4n) is 2.60. The summed E-state index contributed by atoms with van der Waals surface area (Å²) in [6.07, 6.45) is 0. The third-order valence-electron chi connectivity index (χ3n) is 3.82. The monoisotopic (exact) mass is 321 g/mol. The van der Waals surface area contributed by atoms with Crippen LogP contribution in [0.15, 0.2) is 18.2 Å². The molecule has 1 aromatic carbocycles. The lowest BCUT2D eigenvalue weighted by atomic mass is 9.94. The van der Waals surface area contributed by atoms with E-state index >= 15 is 0 Å². The largest absolute Gasteiger partial charge is 0.345 e. The Balaban J connectivity index is 1.71. The van der Waals surface area contributed by atoms with Crippen LogP contribution in [0, 0.1) is 11.2 Å². The number of piperazine rings is 1. The van der Waals surface area contributed by atoms with Gasteiger partial charge in [-0.2, -0.15) is 0 Å². The Morgan fingerprint density at radius 3 is 2.55 bits per heavy atom. The van der Waals surface area contributed by atoms with Crippen molar-refractivity contribution in [3.8, 4) is 0 Å². The Kier molecular flexibility index (Phi) is 3.80. The average Bonchev–Trinajstić information content (AvgIpc) is 2.88. The zero-order chi connectivity index (χ0) is 15.9. The molecule has 1 amide bonds. The number of hydrogen-bond acceptors (Lipinski definition) is 4. The number of aromatic nitrogens is 1. The molecule has 1 fully saturated rings. The number of nitrogens with zero attached hydrogens (tertiary/aromatic N) is 3. The van der Waals surface area contributed by atoms with E-state index in [0.717, 1.165) is 28.4 Å². The van der Waals surface area contributed by atoms with E-state index < -0.39 is 0 Å². The number of rotatable bonds is 1. The van der Waals surface area contributed by atoms with Crippen LogP contribution in [-0.2, 0) is 4.79 Å². The van der Waals surface area contributed by atoms with Gasteiger partial charge in [-0.3, -0.25) is 4.79 Å². The maximum Gasteiger partial charge on any atom is 0.228 e. The van der Waals surface area contributed by atoms with E-state index in [-0.39, 0.29) is 17.1 Å². The quantitative estimate of drug-likeness (QED) is 0.810. The lowest BCUT2D eigenvalue weighted by Gasteiger charge is -2.37. The SMILES string of the molecule is CC(C)(C)C(=O)N1CCN(c2nc3ccc(F)cc3s2)CC1. The number of amides is 1. The number of benzene rings is 1. The van der Waals surface area contributed by atoms with Gasteiger partial charge in [0.1, 0.15) is 5.82 Å². The fourth-order valence-corrected chi connectivity index (χ4v) is 3.64. The van der Waals surface area contributed by atoms with Crippen LogP contribution in [0.25, 0.3) is 10.2 Å². The molecule has 4 nitrogen and oxygen atoms in total. The third kappa shape index (κ3) is 2.92. The van der Waals surface area contributed by atoms with Gasteiger partial charge in [-0.05, 0) is 18.2 Å². The number of carbonyl (C=O) groups is 1. The maximum atomic E-state index is 13.3. The summed E-state index contributed by atoms with van der Waals surface area (Å²) in [4.78, 5) is 21.0. The molecule has 0 saturated carbocycles. The minimum atomic E-state index is -0.338. The van der Waals surface area contributed by atoms with Crippen LogP contribution >= 0.6 is 11.3 Å². The highest BCUT2D eigenvalue weighted by atomic mass is 32.1. The summed E-state index contributed by atoms with van der Waals surface area (Å²) in [7, 11) is 0. The molecule has 2 heterocycles. The number of hydrogen-bond donors (Lipinski definition) is 0. The molecule has 2 aromatic rings. The van der Waals surface area contributed by atoms with Crippen LogP contribution in [-0.4, -0.2) is 42.0 Å². The number of fused-ring (bicyclic) bond motifs is 1. The van der Waals surface area contributed by atoms with Gasteiger partial charge < -0.3 is 9.80 Å². The molecule has 3 rings (SSSR count). The lowest BCUT2D eigenvalue weighted by Crippen LogP contribution is -2.51. The highest BCUT2D eigenvalue weighted by molar-refractivity contribution is 7.22. The van der Waals surface area contributed by atoms with Crippen LogP contribution in [0.2, 0.25) is 0 Å². The molecule has 0 unspecified atom stereocenters. The van der Waals surface area contributed by atoms with E-state index in [4.69, 9.17) is 0 Å². The molecule has 1 aliphatic rings. The van der Waals surface area contributed by atoms with Crippen LogP contribution in [0.1, 0.15) is 20.8 Å². The summed E-state index contributed by atoms with van der Waals surface area (Å²) in [6.45, 7) is 8.80. The van der Waals surface area contributed by atoms with Crippen molar-refractivity contribution < 1.29 is 9.18 Å². The van der Waals surface area contributed by atoms with Gasteiger partial charge in [0.25, 0.3) is 0 Å². The highest BCUT2D eigenvalue weighted by Gasteiger charge is 2.30. The first-order valence-electron chi connectivity index (χ1n) is 7.45. The minimum Gasteiger partial charge on any atom is -0.345 e. The summed E-state index contributed by atoms with van der Waals surface area (Å²) in [5, 5.41) is 0.906. The topological polar surface area (TPSA) is 36.4 Å². The molecule has 1 aliphatic heterocycles. The first-order chi connectivity index (χ1) is 10.3. The molecule has 0 radical (unpaired) electrons. The summed E-state index contributed by atoms with van der Waals surface area (Å²) >= 11 is 1.50. The van der Waals surface area contributed by atoms with Gasteiger partial charge >= 0.3 is 0 Å². The summed E-state index contributed by atoms with van der Waals surface area (Å²) in [6, 6.07) is 4.67. The summed E-state index contributed by atoms with van der Waals surface area (Å²) in [5.74, 6) is -0.0400. The van der Waals surface area contributed by atoms with Crippen LogP contribution in [0.5, 0.6) is 0 Å². The molecule has 0 aliphatic carbocycles. The van der Waals surface area contributed by atoms with Crippen molar-refractivity contribution in [2.75, 3.05) is 31.1 Å². The Bertz CT molecular complexity index is 699. The fraction of sp³-hybridized carbons (Fsp3) is 0.500. The van der Waals surface area contributed by atoms with Crippen molar-refractivity contribution in [2.24, 2.45) is 5.41 Å². The first kappa shape index (κ1) is 15.2. The van der Waals surface area contributed by atoms with E-state index in [9.17, 15) is 9.18 Å². The number of thiazole rings is 1. The molecule has 0 spiro atoms. The van der Waals surface area contributed by atoms with Gasteiger partial charge in [0.2, 0.25) is 5.91 Å². The third-order valence-corrected chi connectivity index (χ3v) is 4.90. The van der Waals surface area contributed by atoms with Crippen molar-refractivity contribution in [3.05, 3.63) is 24.0 Å². The van der Waals surface area contributed by atoms with Crippen LogP contribution < -0.4 is 4.90 Å². The van der Waals surface area contributed by atoms with E-state index in [2.05, 4.69) is 9.88 Å². The predicted octanol–water partition coefficient (Wildman–Crippen LogP) is 3.13. The van der Waals surface area contributed by atoms with Gasteiger partial charge in [-0.1, -0.05) is 32.1 Å². The molecule has 6 heteroatoms. The molecule has 0 N–H and O–H groups in total. The zero-order valence-corrected chi connectivity index (χ0v) is 13.9. The molecular weight excluding hydrogens is 301 g/mol. The maximum absolute atomic E-state index is 13.3. The summed E-state index contributed by atoms with van der Waals surface area (Å²) in [5.41, 5.74) is 0.491. The molecule has 1 saturated heterocycles. The smallest absolute Gasteiger partial charge is 0.228 e. The highest BCUT2D eigenvalue weighted by Crippen LogP contribution is 2.30. The van der Waals surface area contributed by atoms with Crippen molar-refractivity contribution >= 4 is 32.6 Å². The second-order valence-electron chi connectivity index (χ2n) is 6.64. The van der Waals surface area contributed by atoms with Crippen molar-refractivity contribution in [1.82, 2.24) is 9.88 Å². The normalized spacial score (nSPS) is 16.4. The van der Waals surface area contributed by atoms with Gasteiger partial charge in [-0.25, -0.2) is 9.37 Å². The Morgan fingerprint density at radius 2 is 1.91 bits per heavy atom. The molecule has 0 atom stereocenters. The predicted molar refractivity (Wildman–Crippen MR) is 87.8 cm³/mol. The number of halogens is 1. The Labute approximate surface area is 133 Å².